The van der Waals surface area contributed by atoms with Gasteiger partial charge in [0.25, 0.3) is 0 Å². The second kappa shape index (κ2) is 6.91. The summed E-state index contributed by atoms with van der Waals surface area (Å²) in [4.78, 5) is 0. The SMILES string of the molecule is O[B]Oc1cccc(-n2c3ccccc3c3cc(-c4ccccc4)ccc32)c1. The van der Waals surface area contributed by atoms with Crippen molar-refractivity contribution in [3.63, 3.8) is 0 Å². The summed E-state index contributed by atoms with van der Waals surface area (Å²) in [5.41, 5.74) is 5.65. The van der Waals surface area contributed by atoms with Crippen LogP contribution in [0.25, 0.3) is 38.6 Å². The van der Waals surface area contributed by atoms with Crippen LogP contribution in [0, 0.1) is 0 Å². The van der Waals surface area contributed by atoms with Crippen LogP contribution in [0.2, 0.25) is 0 Å². The molecule has 4 aromatic carbocycles. The zero-order valence-corrected chi connectivity index (χ0v) is 15.1. The number of nitrogens with zero attached hydrogens (tertiary/aromatic N) is 1. The standard InChI is InChI=1S/C24H17BNO2/c27-25-28-20-10-6-9-19(16-20)26-23-12-5-4-11-21(23)22-15-18(13-14-24(22)26)17-7-2-1-3-8-17/h1-16,27H. The predicted molar refractivity (Wildman–Crippen MR) is 115 cm³/mol. The molecule has 5 rings (SSSR count). The van der Waals surface area contributed by atoms with Crippen molar-refractivity contribution in [1.29, 1.82) is 0 Å². The van der Waals surface area contributed by atoms with E-state index in [1.54, 1.807) is 0 Å². The van der Waals surface area contributed by atoms with Crippen LogP contribution in [-0.4, -0.2) is 17.3 Å². The molecular formula is C24H17BNO2. The molecule has 0 atom stereocenters. The Bertz CT molecular complexity index is 1280. The minimum absolute atomic E-state index is 0.590. The molecular weight excluding hydrogens is 345 g/mol. The second-order valence-corrected chi connectivity index (χ2v) is 6.67. The maximum absolute atomic E-state index is 8.97. The molecule has 1 N–H and O–H groups in total. The van der Waals surface area contributed by atoms with Gasteiger partial charge in [0.05, 0.1) is 11.0 Å². The molecule has 4 heteroatoms. The number of rotatable bonds is 4. The molecule has 28 heavy (non-hydrogen) atoms. The van der Waals surface area contributed by atoms with Gasteiger partial charge in [-0.05, 0) is 41.5 Å². The van der Waals surface area contributed by atoms with Crippen molar-refractivity contribution in [2.75, 3.05) is 0 Å². The molecule has 5 aromatic rings. The van der Waals surface area contributed by atoms with Crippen molar-refractivity contribution < 1.29 is 9.68 Å². The van der Waals surface area contributed by atoms with Crippen LogP contribution in [-0.2, 0) is 0 Å². The Kier molecular flexibility index (Phi) is 4.11. The fourth-order valence-corrected chi connectivity index (χ4v) is 3.82. The average molecular weight is 362 g/mol. The Morgan fingerprint density at radius 3 is 2.29 bits per heavy atom. The average Bonchev–Trinajstić information content (AvgIpc) is 3.08. The minimum Gasteiger partial charge on any atom is -0.537 e. The van der Waals surface area contributed by atoms with Crippen LogP contribution in [0.5, 0.6) is 5.75 Å². The molecule has 0 unspecified atom stereocenters. The fourth-order valence-electron chi connectivity index (χ4n) is 3.82. The third-order valence-corrected chi connectivity index (χ3v) is 5.04. The molecule has 0 saturated carbocycles. The number of aromatic nitrogens is 1. The van der Waals surface area contributed by atoms with E-state index in [0.717, 1.165) is 16.7 Å². The number of para-hydroxylation sites is 1. The molecule has 0 aliphatic carbocycles. The summed E-state index contributed by atoms with van der Waals surface area (Å²) in [6.45, 7) is 0. The lowest BCUT2D eigenvalue weighted by atomic mass is 10.0. The lowest BCUT2D eigenvalue weighted by Gasteiger charge is -2.10. The van der Waals surface area contributed by atoms with Gasteiger partial charge in [-0.2, -0.15) is 0 Å². The second-order valence-electron chi connectivity index (χ2n) is 6.67. The number of hydrogen-bond donors (Lipinski definition) is 1. The van der Waals surface area contributed by atoms with E-state index in [1.165, 1.54) is 21.9 Å². The summed E-state index contributed by atoms with van der Waals surface area (Å²) in [6, 6.07) is 33.1. The topological polar surface area (TPSA) is 34.4 Å². The van der Waals surface area contributed by atoms with Crippen molar-refractivity contribution in [2.45, 2.75) is 0 Å². The molecule has 0 saturated heterocycles. The Balaban J connectivity index is 1.78. The van der Waals surface area contributed by atoms with Gasteiger partial charge in [-0.25, -0.2) is 0 Å². The lowest BCUT2D eigenvalue weighted by Crippen LogP contribution is -2.01. The van der Waals surface area contributed by atoms with Crippen LogP contribution in [0.15, 0.2) is 97.1 Å². The normalized spacial score (nSPS) is 11.0. The van der Waals surface area contributed by atoms with Crippen LogP contribution in [0.3, 0.4) is 0 Å². The molecule has 0 aliphatic rings. The van der Waals surface area contributed by atoms with E-state index in [0.29, 0.717) is 13.4 Å². The Labute approximate surface area is 163 Å². The van der Waals surface area contributed by atoms with E-state index in [-0.39, 0.29) is 0 Å². The van der Waals surface area contributed by atoms with Crippen molar-refractivity contribution in [3.8, 4) is 22.6 Å². The van der Waals surface area contributed by atoms with Gasteiger partial charge in [-0.3, -0.25) is 0 Å². The monoisotopic (exact) mass is 362 g/mol. The summed E-state index contributed by atoms with van der Waals surface area (Å²) >= 11 is 0. The first-order valence-corrected chi connectivity index (χ1v) is 9.17. The summed E-state index contributed by atoms with van der Waals surface area (Å²) < 4.78 is 7.39. The summed E-state index contributed by atoms with van der Waals surface area (Å²) in [6.07, 6.45) is 0. The zero-order chi connectivity index (χ0) is 18.9. The summed E-state index contributed by atoms with van der Waals surface area (Å²) in [5.74, 6) is 0.590. The van der Waals surface area contributed by atoms with Crippen LogP contribution >= 0.6 is 0 Å². The van der Waals surface area contributed by atoms with Gasteiger partial charge < -0.3 is 14.2 Å². The number of fused-ring (bicyclic) bond motifs is 3. The van der Waals surface area contributed by atoms with Gasteiger partial charge in [0, 0.05) is 22.5 Å². The molecule has 0 amide bonds. The highest BCUT2D eigenvalue weighted by Gasteiger charge is 2.13. The minimum atomic E-state index is 0.590. The van der Waals surface area contributed by atoms with Crippen LogP contribution in [0.1, 0.15) is 0 Å². The fraction of sp³-hybridized carbons (Fsp3) is 0. The third kappa shape index (κ3) is 2.75. The molecule has 0 spiro atoms. The molecule has 0 fully saturated rings. The summed E-state index contributed by atoms with van der Waals surface area (Å²) in [5, 5.41) is 11.4. The van der Waals surface area contributed by atoms with Gasteiger partial charge in [-0.15, -0.1) is 0 Å². The van der Waals surface area contributed by atoms with E-state index in [2.05, 4.69) is 71.3 Å². The largest absolute Gasteiger partial charge is 0.569 e. The number of benzene rings is 4. The first-order chi connectivity index (χ1) is 13.8. The van der Waals surface area contributed by atoms with Gasteiger partial charge in [0.1, 0.15) is 5.75 Å². The first-order valence-electron chi connectivity index (χ1n) is 9.17. The van der Waals surface area contributed by atoms with E-state index in [1.807, 2.05) is 30.3 Å². The maximum Gasteiger partial charge on any atom is 0.569 e. The van der Waals surface area contributed by atoms with Crippen molar-refractivity contribution in [3.05, 3.63) is 97.1 Å². The van der Waals surface area contributed by atoms with Crippen LogP contribution in [0.4, 0.5) is 0 Å². The molecule has 1 radical (unpaired) electrons. The van der Waals surface area contributed by atoms with E-state index in [9.17, 15) is 0 Å². The molecule has 1 aromatic heterocycles. The molecule has 0 bridgehead atoms. The maximum atomic E-state index is 8.97. The highest BCUT2D eigenvalue weighted by atomic mass is 16.5. The van der Waals surface area contributed by atoms with Gasteiger partial charge >= 0.3 is 7.69 Å². The highest BCUT2D eigenvalue weighted by Crippen LogP contribution is 2.35. The van der Waals surface area contributed by atoms with Crippen molar-refractivity contribution in [1.82, 2.24) is 4.57 Å². The Hall–Kier alpha value is -3.50. The third-order valence-electron chi connectivity index (χ3n) is 5.04. The Morgan fingerprint density at radius 2 is 1.43 bits per heavy atom. The quantitative estimate of drug-likeness (QED) is 0.437. The predicted octanol–water partition coefficient (Wildman–Crippen LogP) is 5.36. The Morgan fingerprint density at radius 1 is 0.643 bits per heavy atom. The van der Waals surface area contributed by atoms with Crippen LogP contribution < -0.4 is 4.65 Å². The van der Waals surface area contributed by atoms with Crippen molar-refractivity contribution >= 4 is 29.5 Å². The molecule has 1 heterocycles. The van der Waals surface area contributed by atoms with Gasteiger partial charge in [-0.1, -0.05) is 60.7 Å². The van der Waals surface area contributed by atoms with E-state index in [4.69, 9.17) is 9.68 Å². The first kappa shape index (κ1) is 16.7. The summed E-state index contributed by atoms with van der Waals surface area (Å²) in [7, 11) is 0.705. The lowest BCUT2D eigenvalue weighted by molar-refractivity contribution is 0.454. The van der Waals surface area contributed by atoms with Crippen molar-refractivity contribution in [2.24, 2.45) is 0 Å². The highest BCUT2D eigenvalue weighted by molar-refractivity contribution is 6.17. The molecule has 3 nitrogen and oxygen atoms in total. The van der Waals surface area contributed by atoms with E-state index >= 15 is 0 Å². The smallest absolute Gasteiger partial charge is 0.537 e. The van der Waals surface area contributed by atoms with E-state index < -0.39 is 0 Å². The van der Waals surface area contributed by atoms with Gasteiger partial charge in [0.15, 0.2) is 0 Å². The molecule has 133 valence electrons. The molecule has 0 aliphatic heterocycles. The number of hydrogen-bond acceptors (Lipinski definition) is 2. The van der Waals surface area contributed by atoms with Gasteiger partial charge in [0.2, 0.25) is 0 Å². The zero-order valence-electron chi connectivity index (χ0n) is 15.1.